The van der Waals surface area contributed by atoms with Gasteiger partial charge in [0.05, 0.1) is 5.41 Å². The highest BCUT2D eigenvalue weighted by molar-refractivity contribution is 5.81. The number of ether oxygens (including phenoxy) is 1. The van der Waals surface area contributed by atoms with Gasteiger partial charge in [0.2, 0.25) is 5.91 Å². The molecule has 1 aliphatic carbocycles. The number of hydrogen-bond acceptors (Lipinski definition) is 4. The molecule has 126 valence electrons. The Balaban J connectivity index is 1.87. The molecule has 0 radical (unpaired) electrons. The Bertz CT molecular complexity index is 397. The van der Waals surface area contributed by atoms with Gasteiger partial charge in [-0.15, -0.1) is 0 Å². The molecule has 3 aliphatic rings. The van der Waals surface area contributed by atoms with E-state index in [1.165, 1.54) is 6.42 Å². The van der Waals surface area contributed by atoms with Gasteiger partial charge in [0.1, 0.15) is 6.23 Å². The number of carbonyl (C=O) groups excluding carboxylic acids is 1. The maximum absolute atomic E-state index is 12.6. The van der Waals surface area contributed by atoms with Crippen LogP contribution in [0.2, 0.25) is 0 Å². The van der Waals surface area contributed by atoms with Crippen molar-refractivity contribution in [2.75, 3.05) is 32.8 Å². The zero-order chi connectivity index (χ0) is 15.6. The van der Waals surface area contributed by atoms with Gasteiger partial charge >= 0.3 is 0 Å². The Hall–Kier alpha value is -0.650. The molecule has 0 aromatic rings. The van der Waals surface area contributed by atoms with E-state index in [4.69, 9.17) is 10.5 Å². The van der Waals surface area contributed by atoms with E-state index in [-0.39, 0.29) is 23.5 Å². The van der Waals surface area contributed by atoms with Gasteiger partial charge < -0.3 is 15.8 Å². The molecule has 0 bridgehead atoms. The van der Waals surface area contributed by atoms with Gasteiger partial charge in [0.15, 0.2) is 0 Å². The Morgan fingerprint density at radius 3 is 2.68 bits per heavy atom. The van der Waals surface area contributed by atoms with Gasteiger partial charge in [-0.25, -0.2) is 0 Å². The van der Waals surface area contributed by atoms with E-state index >= 15 is 0 Å². The number of piperazine rings is 1. The highest BCUT2D eigenvalue weighted by Crippen LogP contribution is 2.51. The highest BCUT2D eigenvalue weighted by Gasteiger charge is 2.53. The summed E-state index contributed by atoms with van der Waals surface area (Å²) in [7, 11) is 0. The molecule has 22 heavy (non-hydrogen) atoms. The molecule has 3 rings (SSSR count). The van der Waals surface area contributed by atoms with Gasteiger partial charge in [-0.05, 0) is 31.6 Å². The molecule has 5 nitrogen and oxygen atoms in total. The number of nitrogens with one attached hydrogen (secondary N) is 1. The van der Waals surface area contributed by atoms with E-state index in [1.807, 2.05) is 0 Å². The van der Waals surface area contributed by atoms with Crippen LogP contribution in [0.4, 0.5) is 0 Å². The van der Waals surface area contributed by atoms with Crippen LogP contribution in [0.15, 0.2) is 0 Å². The summed E-state index contributed by atoms with van der Waals surface area (Å²) in [6, 6.07) is 0. The Kier molecular flexibility index (Phi) is 5.05. The topological polar surface area (TPSA) is 67.6 Å². The molecule has 2 aliphatic heterocycles. The van der Waals surface area contributed by atoms with Crippen LogP contribution >= 0.6 is 0 Å². The van der Waals surface area contributed by atoms with Crippen LogP contribution in [-0.4, -0.2) is 49.8 Å². The van der Waals surface area contributed by atoms with Crippen LogP contribution in [0.5, 0.6) is 0 Å². The smallest absolute Gasteiger partial charge is 0.224 e. The van der Waals surface area contributed by atoms with Crippen LogP contribution in [0.3, 0.4) is 0 Å². The summed E-state index contributed by atoms with van der Waals surface area (Å²) in [5.74, 6) is 0.540. The monoisotopic (exact) mass is 309 g/mol. The number of amides is 1. The fraction of sp³-hybridized carbons (Fsp3) is 0.941. The molecule has 2 heterocycles. The summed E-state index contributed by atoms with van der Waals surface area (Å²) in [5.41, 5.74) is 5.62. The first-order valence-electron chi connectivity index (χ1n) is 9.02. The predicted octanol–water partition coefficient (Wildman–Crippen LogP) is 1.33. The van der Waals surface area contributed by atoms with Crippen molar-refractivity contribution in [3.05, 3.63) is 0 Å². The summed E-state index contributed by atoms with van der Waals surface area (Å²) in [4.78, 5) is 15.0. The molecule has 1 saturated carbocycles. The summed E-state index contributed by atoms with van der Waals surface area (Å²) >= 11 is 0. The third-order valence-electron chi connectivity index (χ3n) is 6.28. The minimum Gasteiger partial charge on any atom is -0.369 e. The SMILES string of the molecule is CC1CCCCC1(C(N)=O)C1CCCOC1N1CCNCC1. The number of rotatable bonds is 3. The minimum absolute atomic E-state index is 0.0731. The van der Waals surface area contributed by atoms with E-state index in [1.54, 1.807) is 0 Å². The molecule has 5 heteroatoms. The van der Waals surface area contributed by atoms with Crippen molar-refractivity contribution in [2.45, 2.75) is 51.7 Å². The third-order valence-corrected chi connectivity index (χ3v) is 6.28. The first-order chi connectivity index (χ1) is 10.7. The second-order valence-corrected chi connectivity index (χ2v) is 7.35. The molecule has 0 spiro atoms. The van der Waals surface area contributed by atoms with E-state index in [0.717, 1.165) is 64.9 Å². The quantitative estimate of drug-likeness (QED) is 0.825. The third kappa shape index (κ3) is 2.79. The molecule has 0 aromatic heterocycles. The lowest BCUT2D eigenvalue weighted by atomic mass is 9.57. The molecule has 3 fully saturated rings. The Morgan fingerprint density at radius 1 is 1.23 bits per heavy atom. The number of hydrogen-bond donors (Lipinski definition) is 2. The second-order valence-electron chi connectivity index (χ2n) is 7.35. The molecule has 4 unspecified atom stereocenters. The Labute approximate surface area is 133 Å². The standard InChI is InChI=1S/C17H31N3O2/c1-13-5-2-3-7-17(13,16(18)21)14-6-4-12-22-15(14)20-10-8-19-9-11-20/h13-15,19H,2-12H2,1H3,(H2,18,21). The summed E-state index contributed by atoms with van der Waals surface area (Å²) in [5, 5.41) is 3.40. The first-order valence-corrected chi connectivity index (χ1v) is 9.02. The summed E-state index contributed by atoms with van der Waals surface area (Å²) < 4.78 is 6.20. The molecule has 3 N–H and O–H groups in total. The van der Waals surface area contributed by atoms with Crippen molar-refractivity contribution < 1.29 is 9.53 Å². The summed E-state index contributed by atoms with van der Waals surface area (Å²) in [6.45, 7) is 7.06. The van der Waals surface area contributed by atoms with Crippen molar-refractivity contribution in [3.8, 4) is 0 Å². The maximum Gasteiger partial charge on any atom is 0.224 e. The predicted molar refractivity (Wildman–Crippen MR) is 86.2 cm³/mol. The zero-order valence-electron chi connectivity index (χ0n) is 13.9. The molecule has 2 saturated heterocycles. The minimum atomic E-state index is -0.367. The lowest BCUT2D eigenvalue weighted by Crippen LogP contribution is -2.61. The van der Waals surface area contributed by atoms with Crippen LogP contribution in [0.1, 0.15) is 45.4 Å². The van der Waals surface area contributed by atoms with Gasteiger partial charge in [0.25, 0.3) is 0 Å². The normalized spacial score (nSPS) is 41.2. The van der Waals surface area contributed by atoms with Gasteiger partial charge in [-0.3, -0.25) is 9.69 Å². The van der Waals surface area contributed by atoms with Crippen molar-refractivity contribution >= 4 is 5.91 Å². The molecular weight excluding hydrogens is 278 g/mol. The molecular formula is C17H31N3O2. The van der Waals surface area contributed by atoms with Gasteiger partial charge in [-0.1, -0.05) is 19.8 Å². The van der Waals surface area contributed by atoms with Crippen molar-refractivity contribution in [3.63, 3.8) is 0 Å². The fourth-order valence-corrected chi connectivity index (χ4v) is 5.05. The largest absolute Gasteiger partial charge is 0.369 e. The molecule has 1 amide bonds. The van der Waals surface area contributed by atoms with E-state index in [9.17, 15) is 4.79 Å². The lowest BCUT2D eigenvalue weighted by Gasteiger charge is -2.52. The van der Waals surface area contributed by atoms with Crippen LogP contribution < -0.4 is 11.1 Å². The van der Waals surface area contributed by atoms with E-state index < -0.39 is 0 Å². The van der Waals surface area contributed by atoms with E-state index in [2.05, 4.69) is 17.1 Å². The lowest BCUT2D eigenvalue weighted by molar-refractivity contribution is -0.181. The average Bonchev–Trinajstić information content (AvgIpc) is 2.56. The summed E-state index contributed by atoms with van der Waals surface area (Å²) in [6.07, 6.45) is 6.61. The number of primary amides is 1. The fourth-order valence-electron chi connectivity index (χ4n) is 5.05. The van der Waals surface area contributed by atoms with E-state index in [0.29, 0.717) is 5.92 Å². The highest BCUT2D eigenvalue weighted by atomic mass is 16.5. The van der Waals surface area contributed by atoms with Gasteiger partial charge in [-0.2, -0.15) is 0 Å². The zero-order valence-corrected chi connectivity index (χ0v) is 13.9. The van der Waals surface area contributed by atoms with Crippen LogP contribution in [-0.2, 0) is 9.53 Å². The maximum atomic E-state index is 12.6. The Morgan fingerprint density at radius 2 is 2.00 bits per heavy atom. The number of nitrogens with two attached hydrogens (primary N) is 1. The van der Waals surface area contributed by atoms with Crippen LogP contribution in [0, 0.1) is 17.3 Å². The van der Waals surface area contributed by atoms with Crippen molar-refractivity contribution in [1.82, 2.24) is 10.2 Å². The van der Waals surface area contributed by atoms with Crippen LogP contribution in [0.25, 0.3) is 0 Å². The number of carbonyl (C=O) groups is 1. The van der Waals surface area contributed by atoms with Crippen molar-refractivity contribution in [1.29, 1.82) is 0 Å². The first kappa shape index (κ1) is 16.2. The number of nitrogens with zero attached hydrogens (tertiary/aromatic N) is 1. The average molecular weight is 309 g/mol. The van der Waals surface area contributed by atoms with Gasteiger partial charge in [0, 0.05) is 38.7 Å². The molecule has 0 aromatic carbocycles. The molecule has 4 atom stereocenters. The van der Waals surface area contributed by atoms with Crippen molar-refractivity contribution in [2.24, 2.45) is 23.0 Å². The second kappa shape index (κ2) is 6.85.